The van der Waals surface area contributed by atoms with Crippen molar-refractivity contribution < 1.29 is 24.1 Å². The van der Waals surface area contributed by atoms with E-state index in [1.54, 1.807) is 25.2 Å². The average Bonchev–Trinajstić information content (AvgIpc) is 2.59. The molecule has 1 aromatic carbocycles. The minimum atomic E-state index is -0.575. The molecule has 1 N–H and O–H groups in total. The van der Waals surface area contributed by atoms with Crippen LogP contribution >= 0.6 is 0 Å². The number of hydrogen-bond acceptors (Lipinski definition) is 5. The third-order valence-electron chi connectivity index (χ3n) is 3.69. The maximum absolute atomic E-state index is 12.6. The third kappa shape index (κ3) is 7.35. The van der Waals surface area contributed by atoms with Crippen LogP contribution in [0.2, 0.25) is 0 Å². The molecule has 6 nitrogen and oxygen atoms in total. The first-order valence-corrected chi connectivity index (χ1v) is 8.66. The van der Waals surface area contributed by atoms with Crippen molar-refractivity contribution in [3.63, 3.8) is 0 Å². The second-order valence-corrected chi connectivity index (χ2v) is 7.09. The van der Waals surface area contributed by atoms with Gasteiger partial charge in [-0.1, -0.05) is 12.2 Å². The van der Waals surface area contributed by atoms with Crippen LogP contribution in [0.5, 0.6) is 11.5 Å². The predicted molar refractivity (Wildman–Crippen MR) is 102 cm³/mol. The fourth-order valence-corrected chi connectivity index (χ4v) is 2.35. The average molecular weight is 365 g/mol. The highest BCUT2D eigenvalue weighted by Crippen LogP contribution is 2.26. The Morgan fingerprint density at radius 3 is 2.46 bits per heavy atom. The van der Waals surface area contributed by atoms with Gasteiger partial charge in [0.05, 0.1) is 27.4 Å². The fourth-order valence-electron chi connectivity index (χ4n) is 2.35. The van der Waals surface area contributed by atoms with Gasteiger partial charge < -0.3 is 24.2 Å². The fraction of sp³-hybridized carbons (Fsp3) is 0.550. The summed E-state index contributed by atoms with van der Waals surface area (Å²) in [6, 6.07) is 5.50. The van der Waals surface area contributed by atoms with Gasteiger partial charge in [-0.3, -0.25) is 0 Å². The molecule has 0 saturated heterocycles. The number of hydrogen-bond donors (Lipinski definition) is 1. The highest BCUT2D eigenvalue weighted by molar-refractivity contribution is 5.68. The van der Waals surface area contributed by atoms with E-state index >= 15 is 0 Å². The molecular formula is C20H31NO5. The van der Waals surface area contributed by atoms with Gasteiger partial charge in [-0.15, -0.1) is 0 Å². The Balaban J connectivity index is 2.93. The monoisotopic (exact) mass is 365 g/mol. The number of aliphatic hydroxyl groups excluding tert-OH is 1. The van der Waals surface area contributed by atoms with Gasteiger partial charge in [-0.05, 0) is 45.7 Å². The van der Waals surface area contributed by atoms with Gasteiger partial charge in [0, 0.05) is 18.2 Å². The summed E-state index contributed by atoms with van der Waals surface area (Å²) in [4.78, 5) is 14.2. The zero-order chi connectivity index (χ0) is 19.7. The summed E-state index contributed by atoms with van der Waals surface area (Å²) in [5, 5.41) is 9.08. The van der Waals surface area contributed by atoms with Crippen molar-refractivity contribution in [2.24, 2.45) is 0 Å². The van der Waals surface area contributed by atoms with Crippen LogP contribution in [0.25, 0.3) is 0 Å². The smallest absolute Gasteiger partial charge is 0.410 e. The van der Waals surface area contributed by atoms with Crippen molar-refractivity contribution in [1.29, 1.82) is 0 Å². The second kappa shape index (κ2) is 10.1. The number of methoxy groups -OCH3 is 2. The van der Waals surface area contributed by atoms with E-state index in [0.717, 1.165) is 11.1 Å². The minimum absolute atomic E-state index is 0.0429. The van der Waals surface area contributed by atoms with Crippen molar-refractivity contribution in [3.8, 4) is 11.5 Å². The van der Waals surface area contributed by atoms with E-state index in [2.05, 4.69) is 6.58 Å². The number of rotatable bonds is 9. The molecule has 26 heavy (non-hydrogen) atoms. The van der Waals surface area contributed by atoms with E-state index in [9.17, 15) is 4.79 Å². The van der Waals surface area contributed by atoms with Crippen LogP contribution in [0.3, 0.4) is 0 Å². The molecule has 0 fully saturated rings. The van der Waals surface area contributed by atoms with Gasteiger partial charge in [0.1, 0.15) is 17.1 Å². The first kappa shape index (κ1) is 21.8. The zero-order valence-electron chi connectivity index (χ0n) is 16.5. The largest absolute Gasteiger partial charge is 0.497 e. The molecule has 0 aliphatic rings. The highest BCUT2D eigenvalue weighted by atomic mass is 16.6. The second-order valence-electron chi connectivity index (χ2n) is 7.09. The topological polar surface area (TPSA) is 68.2 Å². The summed E-state index contributed by atoms with van der Waals surface area (Å²) >= 11 is 0. The Bertz CT molecular complexity index is 607. The number of carbonyl (C=O) groups excluding carboxylic acids is 1. The van der Waals surface area contributed by atoms with Crippen LogP contribution in [-0.4, -0.2) is 49.1 Å². The molecular weight excluding hydrogens is 334 g/mol. The van der Waals surface area contributed by atoms with E-state index < -0.39 is 5.60 Å². The standard InChI is InChI=1S/C20H31NO5/c1-15(14-22)8-7-11-21(19(23)26-20(2,3)4)13-16-9-10-17(24-5)12-18(16)25-6/h9-10,12,22H,1,7-8,11,13-14H2,2-6H3. The summed E-state index contributed by atoms with van der Waals surface area (Å²) in [6.45, 7) is 10.1. The van der Waals surface area contributed by atoms with Gasteiger partial charge in [-0.25, -0.2) is 4.79 Å². The molecule has 0 heterocycles. The summed E-state index contributed by atoms with van der Waals surface area (Å²) in [5.41, 5.74) is 1.03. The van der Waals surface area contributed by atoms with Crippen molar-refractivity contribution in [2.75, 3.05) is 27.4 Å². The molecule has 146 valence electrons. The Labute approximate surface area is 156 Å². The quantitative estimate of drug-likeness (QED) is 0.675. The van der Waals surface area contributed by atoms with Crippen LogP contribution in [0.4, 0.5) is 4.79 Å². The first-order chi connectivity index (χ1) is 12.2. The van der Waals surface area contributed by atoms with E-state index in [1.165, 1.54) is 0 Å². The molecule has 0 unspecified atom stereocenters. The molecule has 0 saturated carbocycles. The number of carbonyl (C=O) groups is 1. The van der Waals surface area contributed by atoms with Crippen LogP contribution in [0.1, 0.15) is 39.2 Å². The van der Waals surface area contributed by atoms with Crippen molar-refractivity contribution in [1.82, 2.24) is 4.90 Å². The van der Waals surface area contributed by atoms with E-state index in [-0.39, 0.29) is 12.7 Å². The van der Waals surface area contributed by atoms with Crippen molar-refractivity contribution in [2.45, 2.75) is 45.8 Å². The summed E-state index contributed by atoms with van der Waals surface area (Å²) < 4.78 is 16.2. The van der Waals surface area contributed by atoms with Gasteiger partial charge >= 0.3 is 6.09 Å². The molecule has 0 bridgehead atoms. The molecule has 0 aliphatic carbocycles. The molecule has 0 aromatic heterocycles. The normalized spacial score (nSPS) is 11.0. The van der Waals surface area contributed by atoms with Gasteiger partial charge in [0.2, 0.25) is 0 Å². The molecule has 0 aliphatic heterocycles. The molecule has 1 amide bonds. The number of amides is 1. The number of ether oxygens (including phenoxy) is 3. The maximum Gasteiger partial charge on any atom is 0.410 e. The summed E-state index contributed by atoms with van der Waals surface area (Å²) in [6.07, 6.45) is 0.956. The van der Waals surface area contributed by atoms with Gasteiger partial charge in [0.15, 0.2) is 0 Å². The highest BCUT2D eigenvalue weighted by Gasteiger charge is 2.23. The first-order valence-electron chi connectivity index (χ1n) is 8.66. The third-order valence-corrected chi connectivity index (χ3v) is 3.69. The molecule has 1 rings (SSSR count). The molecule has 6 heteroatoms. The van der Waals surface area contributed by atoms with Crippen molar-refractivity contribution in [3.05, 3.63) is 35.9 Å². The van der Waals surface area contributed by atoms with Crippen molar-refractivity contribution >= 4 is 6.09 Å². The predicted octanol–water partition coefficient (Wildman–Crippen LogP) is 3.77. The zero-order valence-corrected chi connectivity index (χ0v) is 16.5. The number of benzene rings is 1. The van der Waals surface area contributed by atoms with Gasteiger partial charge in [0.25, 0.3) is 0 Å². The maximum atomic E-state index is 12.6. The summed E-state index contributed by atoms with van der Waals surface area (Å²) in [7, 11) is 3.18. The molecule has 0 spiro atoms. The molecule has 0 atom stereocenters. The number of aliphatic hydroxyl groups is 1. The van der Waals surface area contributed by atoms with E-state index in [1.807, 2.05) is 32.9 Å². The van der Waals surface area contributed by atoms with Crippen LogP contribution in [0.15, 0.2) is 30.4 Å². The van der Waals surface area contributed by atoms with E-state index in [0.29, 0.717) is 37.4 Å². The lowest BCUT2D eigenvalue weighted by Gasteiger charge is -2.28. The molecule has 1 aromatic rings. The van der Waals surface area contributed by atoms with Crippen LogP contribution in [-0.2, 0) is 11.3 Å². The van der Waals surface area contributed by atoms with Crippen LogP contribution < -0.4 is 9.47 Å². The Morgan fingerprint density at radius 1 is 1.23 bits per heavy atom. The Hall–Kier alpha value is -2.21. The lowest BCUT2D eigenvalue weighted by molar-refractivity contribution is 0.0230. The summed E-state index contributed by atoms with van der Waals surface area (Å²) in [5.74, 6) is 1.34. The SMILES string of the molecule is C=C(CO)CCCN(Cc1ccc(OC)cc1OC)C(=O)OC(C)(C)C. The lowest BCUT2D eigenvalue weighted by atomic mass is 10.1. The molecule has 0 radical (unpaired) electrons. The number of nitrogens with zero attached hydrogens (tertiary/aromatic N) is 1. The van der Waals surface area contributed by atoms with Gasteiger partial charge in [-0.2, -0.15) is 0 Å². The Kier molecular flexibility index (Phi) is 8.45. The van der Waals surface area contributed by atoms with E-state index in [4.69, 9.17) is 19.3 Å². The lowest BCUT2D eigenvalue weighted by Crippen LogP contribution is -2.37. The Morgan fingerprint density at radius 2 is 1.92 bits per heavy atom. The van der Waals surface area contributed by atoms with Crippen LogP contribution in [0, 0.1) is 0 Å². The minimum Gasteiger partial charge on any atom is -0.497 e.